The minimum absolute atomic E-state index is 0.126. The summed E-state index contributed by atoms with van der Waals surface area (Å²) in [7, 11) is 0. The zero-order chi connectivity index (χ0) is 19.5. The normalized spacial score (nSPS) is 15.1. The smallest absolute Gasteiger partial charge is 0.0469 e. The van der Waals surface area contributed by atoms with Gasteiger partial charge in [-0.1, -0.05) is 96.8 Å². The predicted molar refractivity (Wildman–Crippen MR) is 116 cm³/mol. The third-order valence-electron chi connectivity index (χ3n) is 5.84. The molecule has 0 bridgehead atoms. The van der Waals surface area contributed by atoms with Crippen LogP contribution in [0.1, 0.15) is 123 Å². The third kappa shape index (κ3) is 15.3. The Labute approximate surface area is 169 Å². The van der Waals surface area contributed by atoms with E-state index in [1.807, 2.05) is 6.92 Å². The Morgan fingerprint density at radius 2 is 1.08 bits per heavy atom. The lowest BCUT2D eigenvalue weighted by molar-refractivity contribution is 0.196. The van der Waals surface area contributed by atoms with Gasteiger partial charge in [0.15, 0.2) is 0 Å². The summed E-state index contributed by atoms with van der Waals surface area (Å²) in [6, 6.07) is 0. The first-order chi connectivity index (χ1) is 12.6. The Kier molecular flexibility index (Phi) is 18.7. The zero-order valence-electron chi connectivity index (χ0n) is 17.8. The van der Waals surface area contributed by atoms with Crippen molar-refractivity contribution in [2.45, 2.75) is 128 Å². The summed E-state index contributed by atoms with van der Waals surface area (Å²) in [6.07, 6.45) is 21.7. The fraction of sp³-hybridized carbons (Fsp3) is 1.00. The van der Waals surface area contributed by atoms with Crippen molar-refractivity contribution in [2.75, 3.05) is 13.2 Å². The first-order valence-electron chi connectivity index (χ1n) is 11.5. The summed E-state index contributed by atoms with van der Waals surface area (Å²) in [6.45, 7) is 4.60. The molecule has 0 aliphatic carbocycles. The molecule has 2 N–H and O–H groups in total. The van der Waals surface area contributed by atoms with Crippen molar-refractivity contribution < 1.29 is 10.2 Å². The predicted octanol–water partition coefficient (Wildman–Crippen LogP) is 7.24. The molecule has 2 atom stereocenters. The van der Waals surface area contributed by atoms with Gasteiger partial charge in [0.25, 0.3) is 0 Å². The fourth-order valence-corrected chi connectivity index (χ4v) is 4.21. The molecule has 2 unspecified atom stereocenters. The van der Waals surface area contributed by atoms with Gasteiger partial charge in [0.2, 0.25) is 0 Å². The van der Waals surface area contributed by atoms with Crippen LogP contribution >= 0.6 is 11.6 Å². The lowest BCUT2D eigenvalue weighted by Crippen LogP contribution is -2.30. The van der Waals surface area contributed by atoms with Crippen LogP contribution in [0.5, 0.6) is 0 Å². The summed E-state index contributed by atoms with van der Waals surface area (Å²) in [4.78, 5) is -0.381. The Balaban J connectivity index is 3.48. The summed E-state index contributed by atoms with van der Waals surface area (Å²) in [5, 5.41) is 18.4. The SMILES string of the molecule is CCCCCCCCCCCCCCCCC(CCO)C(C)(Cl)CCO. The van der Waals surface area contributed by atoms with Crippen LogP contribution in [0.4, 0.5) is 0 Å². The maximum absolute atomic E-state index is 9.26. The van der Waals surface area contributed by atoms with Crippen LogP contribution in [0.25, 0.3) is 0 Å². The van der Waals surface area contributed by atoms with Gasteiger partial charge >= 0.3 is 0 Å². The van der Waals surface area contributed by atoms with Gasteiger partial charge in [-0.05, 0) is 32.1 Å². The van der Waals surface area contributed by atoms with Crippen molar-refractivity contribution in [2.24, 2.45) is 5.92 Å². The number of unbranched alkanes of at least 4 members (excludes halogenated alkanes) is 13. The number of halogens is 1. The van der Waals surface area contributed by atoms with Gasteiger partial charge in [-0.15, -0.1) is 11.6 Å². The zero-order valence-corrected chi connectivity index (χ0v) is 18.5. The molecule has 2 nitrogen and oxygen atoms in total. The lowest BCUT2D eigenvalue weighted by Gasteiger charge is -2.31. The van der Waals surface area contributed by atoms with Crippen LogP contribution in [-0.2, 0) is 0 Å². The van der Waals surface area contributed by atoms with Crippen molar-refractivity contribution >= 4 is 11.6 Å². The van der Waals surface area contributed by atoms with Gasteiger partial charge in [-0.25, -0.2) is 0 Å². The van der Waals surface area contributed by atoms with Crippen molar-refractivity contribution in [1.29, 1.82) is 0 Å². The molecule has 158 valence electrons. The molecule has 3 heteroatoms. The van der Waals surface area contributed by atoms with E-state index in [2.05, 4.69) is 6.92 Å². The van der Waals surface area contributed by atoms with E-state index in [0.29, 0.717) is 12.3 Å². The minimum Gasteiger partial charge on any atom is -0.396 e. The Morgan fingerprint density at radius 3 is 1.46 bits per heavy atom. The molecular weight excluding hydrogens is 344 g/mol. The molecule has 0 saturated heterocycles. The molecule has 0 aromatic carbocycles. The van der Waals surface area contributed by atoms with Gasteiger partial charge in [0.05, 0.1) is 0 Å². The largest absolute Gasteiger partial charge is 0.396 e. The highest BCUT2D eigenvalue weighted by Crippen LogP contribution is 2.34. The van der Waals surface area contributed by atoms with Crippen molar-refractivity contribution in [3.05, 3.63) is 0 Å². The van der Waals surface area contributed by atoms with Gasteiger partial charge in [0.1, 0.15) is 0 Å². The molecule has 0 aliphatic rings. The van der Waals surface area contributed by atoms with Crippen molar-refractivity contribution in [3.8, 4) is 0 Å². The van der Waals surface area contributed by atoms with Crippen LogP contribution in [-0.4, -0.2) is 28.3 Å². The molecular formula is C23H47ClO2. The van der Waals surface area contributed by atoms with E-state index in [1.54, 1.807) is 0 Å². The monoisotopic (exact) mass is 390 g/mol. The minimum atomic E-state index is -0.381. The summed E-state index contributed by atoms with van der Waals surface area (Å²) < 4.78 is 0. The second kappa shape index (κ2) is 18.6. The second-order valence-electron chi connectivity index (χ2n) is 8.35. The van der Waals surface area contributed by atoms with Gasteiger partial charge in [0, 0.05) is 18.1 Å². The van der Waals surface area contributed by atoms with E-state index in [1.165, 1.54) is 89.9 Å². The first-order valence-corrected chi connectivity index (χ1v) is 11.9. The molecule has 0 aromatic heterocycles. The second-order valence-corrected chi connectivity index (χ2v) is 9.21. The van der Waals surface area contributed by atoms with Crippen LogP contribution in [0.15, 0.2) is 0 Å². The number of aliphatic hydroxyl groups excluding tert-OH is 2. The maximum atomic E-state index is 9.26. The Morgan fingerprint density at radius 1 is 0.654 bits per heavy atom. The van der Waals surface area contributed by atoms with Gasteiger partial charge in [-0.3, -0.25) is 0 Å². The number of alkyl halides is 1. The van der Waals surface area contributed by atoms with E-state index in [0.717, 1.165) is 12.8 Å². The molecule has 0 heterocycles. The van der Waals surface area contributed by atoms with E-state index in [9.17, 15) is 5.11 Å². The molecule has 26 heavy (non-hydrogen) atoms. The molecule has 0 amide bonds. The summed E-state index contributed by atoms with van der Waals surface area (Å²) >= 11 is 6.57. The van der Waals surface area contributed by atoms with Gasteiger partial charge < -0.3 is 10.2 Å². The van der Waals surface area contributed by atoms with E-state index >= 15 is 0 Å². The molecule has 0 fully saturated rings. The standard InChI is InChI=1S/C23H47ClO2/c1-3-4-5-6-7-8-9-10-11-12-13-14-15-16-17-22(18-20-25)23(2,24)19-21-26/h22,25-26H,3-21H2,1-2H3. The molecule has 0 rings (SSSR count). The fourth-order valence-electron chi connectivity index (χ4n) is 3.91. The molecule has 0 spiro atoms. The summed E-state index contributed by atoms with van der Waals surface area (Å²) in [5.41, 5.74) is 0. The molecule has 0 aromatic rings. The summed E-state index contributed by atoms with van der Waals surface area (Å²) in [5.74, 6) is 0.304. The topological polar surface area (TPSA) is 40.5 Å². The highest BCUT2D eigenvalue weighted by atomic mass is 35.5. The van der Waals surface area contributed by atoms with Gasteiger partial charge in [-0.2, -0.15) is 0 Å². The van der Waals surface area contributed by atoms with E-state index in [-0.39, 0.29) is 18.1 Å². The van der Waals surface area contributed by atoms with Crippen LogP contribution in [0.3, 0.4) is 0 Å². The average Bonchev–Trinajstić information content (AvgIpc) is 2.61. The lowest BCUT2D eigenvalue weighted by atomic mass is 9.84. The number of aliphatic hydroxyl groups is 2. The van der Waals surface area contributed by atoms with Crippen molar-refractivity contribution in [1.82, 2.24) is 0 Å². The highest BCUT2D eigenvalue weighted by Gasteiger charge is 2.30. The number of rotatable bonds is 20. The number of hydrogen-bond acceptors (Lipinski definition) is 2. The number of hydrogen-bond donors (Lipinski definition) is 2. The molecule has 0 radical (unpaired) electrons. The van der Waals surface area contributed by atoms with Crippen LogP contribution < -0.4 is 0 Å². The van der Waals surface area contributed by atoms with E-state index < -0.39 is 0 Å². The first kappa shape index (κ1) is 26.2. The molecule has 0 saturated carbocycles. The Bertz CT molecular complexity index is 281. The van der Waals surface area contributed by atoms with E-state index in [4.69, 9.17) is 16.7 Å². The Hall–Kier alpha value is 0.210. The van der Waals surface area contributed by atoms with Crippen molar-refractivity contribution in [3.63, 3.8) is 0 Å². The average molecular weight is 391 g/mol. The molecule has 0 aliphatic heterocycles. The maximum Gasteiger partial charge on any atom is 0.0469 e. The quantitative estimate of drug-likeness (QED) is 0.170. The van der Waals surface area contributed by atoms with Crippen LogP contribution in [0.2, 0.25) is 0 Å². The van der Waals surface area contributed by atoms with Crippen LogP contribution in [0, 0.1) is 5.92 Å². The highest BCUT2D eigenvalue weighted by molar-refractivity contribution is 6.23. The third-order valence-corrected chi connectivity index (χ3v) is 6.33.